The smallest absolute Gasteiger partial charge is 0.325 e. The summed E-state index contributed by atoms with van der Waals surface area (Å²) in [6.07, 6.45) is 2.00. The Morgan fingerprint density at radius 1 is 1.27 bits per heavy atom. The highest BCUT2D eigenvalue weighted by Crippen LogP contribution is 2.19. The molecular formula is C15H27N3O4. The van der Waals surface area contributed by atoms with E-state index in [1.807, 2.05) is 13.8 Å². The van der Waals surface area contributed by atoms with Gasteiger partial charge in [-0.2, -0.15) is 0 Å². The predicted molar refractivity (Wildman–Crippen MR) is 82.4 cm³/mol. The predicted octanol–water partition coefficient (Wildman–Crippen LogP) is 1.04. The van der Waals surface area contributed by atoms with Gasteiger partial charge in [0.25, 0.3) is 0 Å². The van der Waals surface area contributed by atoms with Gasteiger partial charge >= 0.3 is 12.0 Å². The van der Waals surface area contributed by atoms with Gasteiger partial charge in [-0.3, -0.25) is 9.59 Å². The molecule has 0 aromatic rings. The van der Waals surface area contributed by atoms with Gasteiger partial charge in [0.1, 0.15) is 6.04 Å². The topological polar surface area (TPSA) is 98.7 Å². The molecule has 1 aliphatic heterocycles. The minimum absolute atomic E-state index is 0.0829. The summed E-state index contributed by atoms with van der Waals surface area (Å²) in [6, 6.07) is -0.973. The fourth-order valence-electron chi connectivity index (χ4n) is 2.44. The molecule has 0 aliphatic carbocycles. The first-order valence-electron chi connectivity index (χ1n) is 7.84. The quantitative estimate of drug-likeness (QED) is 0.682. The van der Waals surface area contributed by atoms with Gasteiger partial charge in [-0.15, -0.1) is 0 Å². The van der Waals surface area contributed by atoms with Gasteiger partial charge < -0.3 is 20.6 Å². The van der Waals surface area contributed by atoms with Gasteiger partial charge in [0.15, 0.2) is 0 Å². The maximum absolute atomic E-state index is 12.0. The van der Waals surface area contributed by atoms with Crippen LogP contribution in [-0.2, 0) is 9.59 Å². The van der Waals surface area contributed by atoms with Crippen molar-refractivity contribution in [2.45, 2.75) is 46.1 Å². The molecule has 126 valence electrons. The molecule has 0 spiro atoms. The lowest BCUT2D eigenvalue weighted by molar-refractivity contribution is -0.141. The second-order valence-electron chi connectivity index (χ2n) is 6.37. The van der Waals surface area contributed by atoms with Crippen LogP contribution in [0.3, 0.4) is 0 Å². The number of hydrogen-bond donors (Lipinski definition) is 3. The number of carboxylic acids is 1. The lowest BCUT2D eigenvalue weighted by Gasteiger charge is -2.32. The second-order valence-corrected chi connectivity index (χ2v) is 6.37. The summed E-state index contributed by atoms with van der Waals surface area (Å²) in [5.74, 6) is -0.844. The molecule has 7 nitrogen and oxygen atoms in total. The Kier molecular flexibility index (Phi) is 7.14. The summed E-state index contributed by atoms with van der Waals surface area (Å²) in [5, 5.41) is 14.1. The van der Waals surface area contributed by atoms with Gasteiger partial charge in [0.05, 0.1) is 0 Å². The largest absolute Gasteiger partial charge is 0.480 e. The number of rotatable bonds is 6. The number of carbonyl (C=O) groups is 3. The Hall–Kier alpha value is -1.79. The Labute approximate surface area is 131 Å². The van der Waals surface area contributed by atoms with Gasteiger partial charge in [-0.25, -0.2) is 4.79 Å². The van der Waals surface area contributed by atoms with E-state index in [1.165, 1.54) is 6.92 Å². The van der Waals surface area contributed by atoms with Crippen molar-refractivity contribution in [1.82, 2.24) is 15.5 Å². The summed E-state index contributed by atoms with van der Waals surface area (Å²) >= 11 is 0. The van der Waals surface area contributed by atoms with Crippen molar-refractivity contribution in [2.24, 2.45) is 11.8 Å². The van der Waals surface area contributed by atoms with E-state index in [2.05, 4.69) is 10.6 Å². The molecule has 1 fully saturated rings. The Balaban J connectivity index is 2.41. The minimum Gasteiger partial charge on any atom is -0.480 e. The van der Waals surface area contributed by atoms with E-state index in [1.54, 1.807) is 4.90 Å². The molecule has 1 saturated heterocycles. The lowest BCUT2D eigenvalue weighted by Crippen LogP contribution is -2.47. The molecule has 2 atom stereocenters. The number of piperidine rings is 1. The first-order valence-corrected chi connectivity index (χ1v) is 7.84. The van der Waals surface area contributed by atoms with Crippen LogP contribution in [0.25, 0.3) is 0 Å². The van der Waals surface area contributed by atoms with E-state index in [0.717, 1.165) is 12.8 Å². The molecule has 1 aliphatic rings. The molecule has 0 aromatic heterocycles. The Bertz CT molecular complexity index is 412. The summed E-state index contributed by atoms with van der Waals surface area (Å²) in [7, 11) is 0. The van der Waals surface area contributed by atoms with Crippen LogP contribution in [0, 0.1) is 11.8 Å². The average molecular weight is 313 g/mol. The zero-order chi connectivity index (χ0) is 16.7. The van der Waals surface area contributed by atoms with E-state index in [0.29, 0.717) is 25.6 Å². The fraction of sp³-hybridized carbons (Fsp3) is 0.800. The normalized spacial score (nSPS) is 19.6. The molecule has 3 amide bonds. The third kappa shape index (κ3) is 6.32. The van der Waals surface area contributed by atoms with Crippen molar-refractivity contribution in [3.63, 3.8) is 0 Å². The van der Waals surface area contributed by atoms with Gasteiger partial charge in [0.2, 0.25) is 5.91 Å². The van der Waals surface area contributed by atoms with E-state index in [-0.39, 0.29) is 24.3 Å². The molecule has 3 N–H and O–H groups in total. The molecule has 7 heteroatoms. The molecular weight excluding hydrogens is 286 g/mol. The van der Waals surface area contributed by atoms with Gasteiger partial charge in [-0.1, -0.05) is 13.8 Å². The molecule has 1 unspecified atom stereocenters. The molecule has 0 aromatic carbocycles. The van der Waals surface area contributed by atoms with Crippen molar-refractivity contribution in [3.05, 3.63) is 0 Å². The molecule has 0 radical (unpaired) electrons. The number of hydrogen-bond acceptors (Lipinski definition) is 3. The molecule has 1 heterocycles. The van der Waals surface area contributed by atoms with Crippen molar-refractivity contribution in [3.8, 4) is 0 Å². The van der Waals surface area contributed by atoms with Crippen LogP contribution >= 0.6 is 0 Å². The van der Waals surface area contributed by atoms with E-state index in [9.17, 15) is 14.4 Å². The standard InChI is InChI=1S/C15H27N3O4/c1-10(2)8-16-15(22)18-6-4-5-12(9-18)7-13(19)17-11(3)14(20)21/h10-12H,4-9H2,1-3H3,(H,16,22)(H,17,19)(H,20,21)/t11-,12?/m0/s1. The van der Waals surface area contributed by atoms with Crippen LogP contribution in [0.5, 0.6) is 0 Å². The van der Waals surface area contributed by atoms with Crippen LogP contribution in [0.15, 0.2) is 0 Å². The highest BCUT2D eigenvalue weighted by molar-refractivity contribution is 5.83. The lowest BCUT2D eigenvalue weighted by atomic mass is 9.94. The summed E-state index contributed by atoms with van der Waals surface area (Å²) in [5.41, 5.74) is 0. The minimum atomic E-state index is -1.05. The van der Waals surface area contributed by atoms with Crippen LogP contribution < -0.4 is 10.6 Å². The van der Waals surface area contributed by atoms with Gasteiger partial charge in [-0.05, 0) is 31.6 Å². The Morgan fingerprint density at radius 2 is 1.95 bits per heavy atom. The number of nitrogens with zero attached hydrogens (tertiary/aromatic N) is 1. The molecule has 0 saturated carbocycles. The van der Waals surface area contributed by atoms with Crippen LogP contribution in [-0.4, -0.2) is 53.6 Å². The molecule has 1 rings (SSSR count). The summed E-state index contributed by atoms with van der Waals surface area (Å²) in [4.78, 5) is 36.3. The third-order valence-corrected chi connectivity index (χ3v) is 3.69. The van der Waals surface area contributed by atoms with Crippen molar-refractivity contribution in [1.29, 1.82) is 0 Å². The number of nitrogens with one attached hydrogen (secondary N) is 2. The van der Waals surface area contributed by atoms with Crippen molar-refractivity contribution < 1.29 is 19.5 Å². The zero-order valence-electron chi connectivity index (χ0n) is 13.6. The number of amides is 3. The fourth-order valence-corrected chi connectivity index (χ4v) is 2.44. The average Bonchev–Trinajstić information content (AvgIpc) is 2.44. The van der Waals surface area contributed by atoms with Gasteiger partial charge in [0, 0.05) is 26.1 Å². The number of likely N-dealkylation sites (tertiary alicyclic amines) is 1. The monoisotopic (exact) mass is 313 g/mol. The SMILES string of the molecule is CC(C)CNC(=O)N1CCCC(CC(=O)N[C@@H](C)C(=O)O)C1. The summed E-state index contributed by atoms with van der Waals surface area (Å²) < 4.78 is 0. The zero-order valence-corrected chi connectivity index (χ0v) is 13.6. The first kappa shape index (κ1) is 18.3. The van der Waals surface area contributed by atoms with E-state index in [4.69, 9.17) is 5.11 Å². The van der Waals surface area contributed by atoms with Crippen LogP contribution in [0.4, 0.5) is 4.79 Å². The summed E-state index contributed by atoms with van der Waals surface area (Å²) in [6.45, 7) is 7.39. The highest BCUT2D eigenvalue weighted by atomic mass is 16.4. The molecule has 22 heavy (non-hydrogen) atoms. The maximum atomic E-state index is 12.0. The van der Waals surface area contributed by atoms with Crippen LogP contribution in [0.2, 0.25) is 0 Å². The number of aliphatic carboxylic acids is 1. The number of carbonyl (C=O) groups excluding carboxylic acids is 2. The maximum Gasteiger partial charge on any atom is 0.325 e. The van der Waals surface area contributed by atoms with Crippen molar-refractivity contribution >= 4 is 17.9 Å². The number of urea groups is 1. The third-order valence-electron chi connectivity index (χ3n) is 3.69. The van der Waals surface area contributed by atoms with E-state index >= 15 is 0 Å². The van der Waals surface area contributed by atoms with Crippen LogP contribution in [0.1, 0.15) is 40.0 Å². The van der Waals surface area contributed by atoms with Crippen molar-refractivity contribution in [2.75, 3.05) is 19.6 Å². The number of carboxylic acid groups (broad SMARTS) is 1. The highest BCUT2D eigenvalue weighted by Gasteiger charge is 2.26. The Morgan fingerprint density at radius 3 is 2.55 bits per heavy atom. The first-order chi connectivity index (χ1) is 10.3. The van der Waals surface area contributed by atoms with E-state index < -0.39 is 12.0 Å². The molecule has 0 bridgehead atoms. The second kappa shape index (κ2) is 8.60.